The van der Waals surface area contributed by atoms with E-state index in [4.69, 9.17) is 5.73 Å². The lowest BCUT2D eigenvalue weighted by Gasteiger charge is -2.23. The second kappa shape index (κ2) is 6.03. The molecule has 0 aliphatic rings. The van der Waals surface area contributed by atoms with Crippen molar-refractivity contribution in [3.8, 4) is 0 Å². The summed E-state index contributed by atoms with van der Waals surface area (Å²) in [4.78, 5) is 12.0. The molecule has 1 aromatic rings. The number of nitrogens with one attached hydrogen (secondary N) is 1. The fourth-order valence-electron chi connectivity index (χ4n) is 1.87. The number of hydrogen-bond acceptors (Lipinski definition) is 4. The van der Waals surface area contributed by atoms with Gasteiger partial charge in [-0.2, -0.15) is 4.31 Å². The number of likely N-dealkylation sites (N-methyl/N-ethyl adjacent to an activating group) is 1. The van der Waals surface area contributed by atoms with E-state index in [1.165, 1.54) is 19.2 Å². The van der Waals surface area contributed by atoms with E-state index in [0.29, 0.717) is 11.3 Å². The Morgan fingerprint density at radius 2 is 1.90 bits per heavy atom. The Morgan fingerprint density at radius 1 is 1.33 bits per heavy atom. The molecule has 118 valence electrons. The zero-order valence-corrected chi connectivity index (χ0v) is 13.9. The number of nitrogens with zero attached hydrogens (tertiary/aromatic N) is 1. The largest absolute Gasteiger partial charge is 0.399 e. The first-order valence-corrected chi connectivity index (χ1v) is 8.01. The molecule has 0 saturated heterocycles. The average molecular weight is 313 g/mol. The van der Waals surface area contributed by atoms with Gasteiger partial charge in [-0.05, 0) is 51.5 Å². The minimum Gasteiger partial charge on any atom is -0.399 e. The van der Waals surface area contributed by atoms with E-state index in [0.717, 1.165) is 4.31 Å². The van der Waals surface area contributed by atoms with Crippen LogP contribution in [0.15, 0.2) is 23.1 Å². The van der Waals surface area contributed by atoms with Gasteiger partial charge in [0.25, 0.3) is 0 Å². The molecule has 0 bridgehead atoms. The Kier molecular flexibility index (Phi) is 5.01. The third-order valence-electron chi connectivity index (χ3n) is 2.77. The fourth-order valence-corrected chi connectivity index (χ4v) is 3.20. The van der Waals surface area contributed by atoms with Crippen LogP contribution in [0.1, 0.15) is 26.3 Å². The summed E-state index contributed by atoms with van der Waals surface area (Å²) in [5, 5.41) is 2.73. The number of sulfonamides is 1. The van der Waals surface area contributed by atoms with Crippen LogP contribution < -0.4 is 11.1 Å². The van der Waals surface area contributed by atoms with Gasteiger partial charge in [0.05, 0.1) is 11.4 Å². The zero-order valence-electron chi connectivity index (χ0n) is 13.1. The van der Waals surface area contributed by atoms with Crippen LogP contribution in [0.5, 0.6) is 0 Å². The molecule has 6 nitrogen and oxygen atoms in total. The van der Waals surface area contributed by atoms with Crippen molar-refractivity contribution in [2.75, 3.05) is 19.3 Å². The molecule has 0 unspecified atom stereocenters. The number of anilines is 1. The summed E-state index contributed by atoms with van der Waals surface area (Å²) < 4.78 is 26.0. The van der Waals surface area contributed by atoms with Crippen molar-refractivity contribution in [3.05, 3.63) is 23.8 Å². The minimum absolute atomic E-state index is 0.155. The average Bonchev–Trinajstić information content (AvgIpc) is 2.25. The van der Waals surface area contributed by atoms with Gasteiger partial charge in [-0.15, -0.1) is 0 Å². The molecule has 7 heteroatoms. The molecule has 21 heavy (non-hydrogen) atoms. The van der Waals surface area contributed by atoms with Crippen LogP contribution in [0.25, 0.3) is 0 Å². The molecule has 0 heterocycles. The second-order valence-electron chi connectivity index (χ2n) is 6.08. The predicted octanol–water partition coefficient (Wildman–Crippen LogP) is 1.11. The monoisotopic (exact) mass is 313 g/mol. The topological polar surface area (TPSA) is 92.5 Å². The third kappa shape index (κ3) is 4.71. The van der Waals surface area contributed by atoms with Crippen molar-refractivity contribution in [2.45, 2.75) is 38.1 Å². The summed E-state index contributed by atoms with van der Waals surface area (Å²) in [6.07, 6.45) is 0. The SMILES string of the molecule is Cc1cc(N)ccc1S(=O)(=O)N(C)CC(=O)NC(C)(C)C. The Hall–Kier alpha value is -1.60. The molecule has 0 atom stereocenters. The minimum atomic E-state index is -3.72. The van der Waals surface area contributed by atoms with E-state index >= 15 is 0 Å². The first-order chi connectivity index (χ1) is 9.43. The quantitative estimate of drug-likeness (QED) is 0.815. The molecule has 0 spiro atoms. The van der Waals surface area contributed by atoms with Crippen LogP contribution in [0.2, 0.25) is 0 Å². The third-order valence-corrected chi connectivity index (χ3v) is 4.73. The molecular formula is C14H23N3O3S. The Morgan fingerprint density at radius 3 is 2.38 bits per heavy atom. The summed E-state index contributed by atoms with van der Waals surface area (Å²) in [5.74, 6) is -0.346. The van der Waals surface area contributed by atoms with Crippen LogP contribution in [0.3, 0.4) is 0 Å². The van der Waals surface area contributed by atoms with Crippen molar-refractivity contribution in [1.82, 2.24) is 9.62 Å². The second-order valence-corrected chi connectivity index (χ2v) is 8.10. The highest BCUT2D eigenvalue weighted by Crippen LogP contribution is 2.20. The maximum absolute atomic E-state index is 12.5. The number of amides is 1. The van der Waals surface area contributed by atoms with E-state index in [1.807, 2.05) is 20.8 Å². The van der Waals surface area contributed by atoms with Gasteiger partial charge in [0, 0.05) is 18.3 Å². The van der Waals surface area contributed by atoms with Gasteiger partial charge in [-0.1, -0.05) is 0 Å². The lowest BCUT2D eigenvalue weighted by atomic mass is 10.1. The Bertz CT molecular complexity index is 633. The lowest BCUT2D eigenvalue weighted by molar-refractivity contribution is -0.122. The summed E-state index contributed by atoms with van der Waals surface area (Å²) >= 11 is 0. The number of carbonyl (C=O) groups excluding carboxylic acids is 1. The first-order valence-electron chi connectivity index (χ1n) is 6.57. The molecule has 1 aromatic carbocycles. The number of carbonyl (C=O) groups is 1. The highest BCUT2D eigenvalue weighted by atomic mass is 32.2. The number of nitrogen functional groups attached to an aromatic ring is 1. The Labute approximate surface area is 126 Å². The predicted molar refractivity (Wildman–Crippen MR) is 83.3 cm³/mol. The molecule has 3 N–H and O–H groups in total. The van der Waals surface area contributed by atoms with Gasteiger partial charge in [-0.3, -0.25) is 4.79 Å². The first kappa shape index (κ1) is 17.5. The van der Waals surface area contributed by atoms with Crippen molar-refractivity contribution < 1.29 is 13.2 Å². The maximum atomic E-state index is 12.5. The highest BCUT2D eigenvalue weighted by Gasteiger charge is 2.25. The van der Waals surface area contributed by atoms with E-state index in [-0.39, 0.29) is 17.3 Å². The number of rotatable bonds is 4. The standard InChI is InChI=1S/C14H23N3O3S/c1-10-8-11(15)6-7-12(10)21(19,20)17(5)9-13(18)16-14(2,3)4/h6-8H,9,15H2,1-5H3,(H,16,18). The fraction of sp³-hybridized carbons (Fsp3) is 0.500. The van der Waals surface area contributed by atoms with Gasteiger partial charge >= 0.3 is 0 Å². The van der Waals surface area contributed by atoms with E-state index in [1.54, 1.807) is 13.0 Å². The van der Waals surface area contributed by atoms with E-state index in [9.17, 15) is 13.2 Å². The zero-order chi connectivity index (χ0) is 16.4. The summed E-state index contributed by atoms with van der Waals surface area (Å²) in [5.41, 5.74) is 6.27. The number of nitrogens with two attached hydrogens (primary N) is 1. The van der Waals surface area contributed by atoms with E-state index in [2.05, 4.69) is 5.32 Å². The maximum Gasteiger partial charge on any atom is 0.243 e. The van der Waals surface area contributed by atoms with Gasteiger partial charge in [0.1, 0.15) is 0 Å². The highest BCUT2D eigenvalue weighted by molar-refractivity contribution is 7.89. The van der Waals surface area contributed by atoms with Crippen LogP contribution in [0, 0.1) is 6.92 Å². The van der Waals surface area contributed by atoms with Crippen LogP contribution in [0.4, 0.5) is 5.69 Å². The normalized spacial score (nSPS) is 12.5. The number of benzene rings is 1. The molecule has 0 radical (unpaired) electrons. The lowest BCUT2D eigenvalue weighted by Crippen LogP contribution is -2.46. The molecule has 0 aliphatic heterocycles. The summed E-state index contributed by atoms with van der Waals surface area (Å²) in [7, 11) is -2.34. The molecular weight excluding hydrogens is 290 g/mol. The van der Waals surface area contributed by atoms with Gasteiger partial charge in [0.15, 0.2) is 0 Å². The molecule has 0 fully saturated rings. The Balaban J connectivity index is 2.95. The van der Waals surface area contributed by atoms with Crippen molar-refractivity contribution in [3.63, 3.8) is 0 Å². The van der Waals surface area contributed by atoms with Crippen molar-refractivity contribution in [2.24, 2.45) is 0 Å². The van der Waals surface area contributed by atoms with Crippen LogP contribution in [-0.2, 0) is 14.8 Å². The molecule has 1 amide bonds. The van der Waals surface area contributed by atoms with Gasteiger partial charge in [-0.25, -0.2) is 8.42 Å². The van der Waals surface area contributed by atoms with Gasteiger partial charge < -0.3 is 11.1 Å². The smallest absolute Gasteiger partial charge is 0.243 e. The van der Waals surface area contributed by atoms with Crippen molar-refractivity contribution in [1.29, 1.82) is 0 Å². The molecule has 0 aliphatic carbocycles. The summed E-state index contributed by atoms with van der Waals surface area (Å²) in [6.45, 7) is 6.95. The van der Waals surface area contributed by atoms with Crippen LogP contribution in [-0.4, -0.2) is 37.8 Å². The van der Waals surface area contributed by atoms with Gasteiger partial charge in [0.2, 0.25) is 15.9 Å². The number of aryl methyl sites for hydroxylation is 1. The molecule has 0 aromatic heterocycles. The van der Waals surface area contributed by atoms with Crippen LogP contribution >= 0.6 is 0 Å². The molecule has 0 saturated carbocycles. The number of hydrogen-bond donors (Lipinski definition) is 2. The summed E-state index contributed by atoms with van der Waals surface area (Å²) in [6, 6.07) is 4.58. The van der Waals surface area contributed by atoms with Crippen molar-refractivity contribution >= 4 is 21.6 Å². The van der Waals surface area contributed by atoms with E-state index < -0.39 is 15.6 Å². The molecule has 1 rings (SSSR count).